The minimum absolute atomic E-state index is 0. The van der Waals surface area contributed by atoms with Gasteiger partial charge >= 0.3 is 76.3 Å². The van der Waals surface area contributed by atoms with Crippen molar-refractivity contribution in [2.24, 2.45) is 0 Å². The molecule has 2 radical (unpaired) electrons. The van der Waals surface area contributed by atoms with Gasteiger partial charge in [-0.15, -0.1) is 0 Å². The van der Waals surface area contributed by atoms with Crippen molar-refractivity contribution in [2.45, 2.75) is 0 Å². The van der Waals surface area contributed by atoms with Crippen LogP contribution in [0.2, 0.25) is 0 Å². The summed E-state index contributed by atoms with van der Waals surface area (Å²) in [5.41, 5.74) is 0. The quantitative estimate of drug-likeness (QED) is 0.229. The van der Waals surface area contributed by atoms with Crippen molar-refractivity contribution in [3.05, 3.63) is 0 Å². The first-order chi connectivity index (χ1) is 14.7. The maximum atomic E-state index is 11.3. The topological polar surface area (TPSA) is 206 Å². The number of hydrogen-bond acceptors (Lipinski definition) is 14. The normalized spacial score (nSPS) is 25.6. The molecule has 0 atom stereocenters. The van der Waals surface area contributed by atoms with Gasteiger partial charge in [-0.1, -0.05) is 22.8 Å². The van der Waals surface area contributed by atoms with Crippen LogP contribution in [0.4, 0.5) is 0 Å². The fourth-order valence-electron chi connectivity index (χ4n) is 3.86. The Balaban J connectivity index is 0.00000544. The third kappa shape index (κ3) is 17.4. The predicted octanol–water partition coefficient (Wildman–Crippen LogP) is -5.86. The van der Waals surface area contributed by atoms with E-state index in [-0.39, 0.29) is 116 Å². The van der Waals surface area contributed by atoms with Gasteiger partial charge in [0, 0.05) is 97.4 Å². The maximum Gasteiger partial charge on any atom is 3.00 e. The van der Waals surface area contributed by atoms with E-state index in [2.05, 4.69) is 0 Å². The molecule has 0 saturated carbocycles. The van der Waals surface area contributed by atoms with Crippen molar-refractivity contribution in [1.29, 1.82) is 0 Å². The molecule has 19 heteroatoms. The molecule has 3 saturated heterocycles. The first kappa shape index (κ1) is 36.8. The Morgan fingerprint density at radius 1 is 0.412 bits per heavy atom. The van der Waals surface area contributed by atoms with Crippen LogP contribution in [-0.4, -0.2) is 122 Å². The molecular formula is C15H30Dy2N5O9P3. The van der Waals surface area contributed by atoms with E-state index in [0.717, 1.165) is 0 Å². The van der Waals surface area contributed by atoms with Crippen LogP contribution in [0.1, 0.15) is 0 Å². The molecule has 3 aliphatic rings. The molecule has 3 heterocycles. The number of hydrogen-bond donors (Lipinski definition) is 0. The summed E-state index contributed by atoms with van der Waals surface area (Å²) in [5, 5.41) is 0. The van der Waals surface area contributed by atoms with Gasteiger partial charge in [-0.3, -0.25) is 24.5 Å². The second-order valence-corrected chi connectivity index (χ2v) is 12.8. The van der Waals surface area contributed by atoms with Gasteiger partial charge < -0.3 is 43.1 Å². The van der Waals surface area contributed by atoms with Crippen molar-refractivity contribution >= 4 is 22.8 Å². The van der Waals surface area contributed by atoms with Crippen molar-refractivity contribution in [3.8, 4) is 0 Å². The van der Waals surface area contributed by atoms with E-state index in [1.165, 1.54) is 0 Å². The van der Waals surface area contributed by atoms with Crippen LogP contribution in [0.15, 0.2) is 0 Å². The zero-order valence-electron chi connectivity index (χ0n) is 18.5. The summed E-state index contributed by atoms with van der Waals surface area (Å²) in [7, 11) is -14.3. The van der Waals surface area contributed by atoms with Crippen LogP contribution in [0.25, 0.3) is 0 Å². The minimum atomic E-state index is -4.76. The number of nitrogens with zero attached hydrogens (tertiary/aromatic N) is 5. The molecular weight excluding hydrogens is 812 g/mol. The summed E-state index contributed by atoms with van der Waals surface area (Å²) in [4.78, 5) is 76.3. The van der Waals surface area contributed by atoms with Gasteiger partial charge in [0.1, 0.15) is 0 Å². The Morgan fingerprint density at radius 3 is 0.735 bits per heavy atom. The SMILES string of the molecule is O=P([O-])([O-])CN1CCN2CCN(CP(=O)([O-])[O-])CCN(CC1)CCN(CP(=O)([O-])[O-])CC2.[Dy+3].[Dy+3]. The standard InChI is InChI=1S/C15H36N5O9P3.2Dy/c21-30(22,23)13-18-7-1-16-2-8-19(14-31(24,25)26)11-5-17(4-10-18)6-12-20(9-3-16)15-32(27,28)29;;/h1-15H2,(H2,21,22,23)(H2,24,25,26)(H2,27,28,29);;/q;2*+3/p-6. The molecule has 0 aromatic heterocycles. The van der Waals surface area contributed by atoms with Crippen LogP contribution in [0.5, 0.6) is 0 Å². The van der Waals surface area contributed by atoms with Gasteiger partial charge in [0.05, 0.1) is 0 Å². The maximum absolute atomic E-state index is 11.3. The molecule has 0 N–H and O–H groups in total. The second-order valence-electron chi connectivity index (χ2n) is 8.29. The smallest absolute Gasteiger partial charge is 0.810 e. The van der Waals surface area contributed by atoms with Crippen LogP contribution in [0.3, 0.4) is 0 Å². The van der Waals surface area contributed by atoms with Crippen molar-refractivity contribution in [2.75, 3.05) is 97.4 Å². The van der Waals surface area contributed by atoms with Gasteiger partial charge in [0.15, 0.2) is 0 Å². The Labute approximate surface area is 261 Å². The van der Waals surface area contributed by atoms with Crippen LogP contribution >= 0.6 is 22.8 Å². The molecule has 0 unspecified atom stereocenters. The van der Waals surface area contributed by atoms with Gasteiger partial charge in [-0.25, -0.2) is 0 Å². The zero-order chi connectivity index (χ0) is 24.0. The van der Waals surface area contributed by atoms with Crippen LogP contribution < -0.4 is 29.4 Å². The molecule has 0 aliphatic carbocycles. The first-order valence-corrected chi connectivity index (χ1v) is 15.5. The largest absolute Gasteiger partial charge is 3.00 e. The molecule has 14 nitrogen and oxygen atoms in total. The van der Waals surface area contributed by atoms with Gasteiger partial charge in [0.2, 0.25) is 0 Å². The molecule has 3 aliphatic heterocycles. The van der Waals surface area contributed by atoms with E-state index in [0.29, 0.717) is 39.3 Å². The molecule has 0 aromatic carbocycles. The predicted molar refractivity (Wildman–Crippen MR) is 105 cm³/mol. The summed E-state index contributed by atoms with van der Waals surface area (Å²) in [6.07, 6.45) is -1.80. The molecule has 0 aromatic rings. The molecule has 204 valence electrons. The van der Waals surface area contributed by atoms with Crippen LogP contribution in [0, 0.1) is 76.3 Å². The Hall–Kier alpha value is 2.80. The molecule has 3 fully saturated rings. The average Bonchev–Trinajstić information content (AvgIpc) is 2.59. The van der Waals surface area contributed by atoms with E-state index in [4.69, 9.17) is 0 Å². The summed E-state index contributed by atoms with van der Waals surface area (Å²) in [5.74, 6) is 0. The van der Waals surface area contributed by atoms with E-state index in [1.54, 1.807) is 14.7 Å². The fourth-order valence-corrected chi connectivity index (χ4v) is 6.18. The molecule has 34 heavy (non-hydrogen) atoms. The Kier molecular flexibility index (Phi) is 18.2. The minimum Gasteiger partial charge on any atom is -0.810 e. The third-order valence-electron chi connectivity index (χ3n) is 5.51. The summed E-state index contributed by atoms with van der Waals surface area (Å²) < 4.78 is 33.9. The van der Waals surface area contributed by atoms with Gasteiger partial charge in [-0.05, 0) is 0 Å². The van der Waals surface area contributed by atoms with E-state index in [1.807, 2.05) is 9.80 Å². The van der Waals surface area contributed by atoms with Crippen LogP contribution in [-0.2, 0) is 13.7 Å². The monoisotopic (exact) mass is 845 g/mol. The van der Waals surface area contributed by atoms with E-state index in [9.17, 15) is 43.1 Å². The average molecular weight is 842 g/mol. The first-order valence-electron chi connectivity index (χ1n) is 10.3. The third-order valence-corrected chi connectivity index (χ3v) is 7.75. The number of fused-ring (bicyclic) bond motifs is 12. The summed E-state index contributed by atoms with van der Waals surface area (Å²) >= 11 is 0. The molecule has 3 rings (SSSR count). The summed E-state index contributed by atoms with van der Waals surface area (Å²) in [6.45, 7) is 3.70. The number of rotatable bonds is 6. The van der Waals surface area contributed by atoms with Gasteiger partial charge in [0.25, 0.3) is 0 Å². The summed E-state index contributed by atoms with van der Waals surface area (Å²) in [6, 6.07) is 0. The zero-order valence-corrected chi connectivity index (χ0v) is 25.2. The van der Waals surface area contributed by atoms with Crippen molar-refractivity contribution in [1.82, 2.24) is 24.5 Å². The molecule has 2 bridgehead atoms. The molecule has 0 amide bonds. The Morgan fingerprint density at radius 2 is 0.588 bits per heavy atom. The fraction of sp³-hybridized carbons (Fsp3) is 1.00. The van der Waals surface area contributed by atoms with E-state index < -0.39 is 41.6 Å². The second kappa shape index (κ2) is 16.8. The van der Waals surface area contributed by atoms with Crippen molar-refractivity contribution < 1.29 is 119 Å². The Bertz CT molecular complexity index is 621. The van der Waals surface area contributed by atoms with E-state index >= 15 is 0 Å². The van der Waals surface area contributed by atoms with Crippen molar-refractivity contribution in [3.63, 3.8) is 0 Å². The molecule has 0 spiro atoms. The van der Waals surface area contributed by atoms with Gasteiger partial charge in [-0.2, -0.15) is 0 Å².